The van der Waals surface area contributed by atoms with Crippen LogP contribution in [0.4, 0.5) is 0 Å². The summed E-state index contributed by atoms with van der Waals surface area (Å²) in [5, 5.41) is 0. The van der Waals surface area contributed by atoms with Gasteiger partial charge in [0.05, 0.1) is 0 Å². The normalized spacial score (nSPS) is 23.0. The van der Waals surface area contributed by atoms with Crippen LogP contribution in [-0.2, 0) is 32.0 Å². The second-order valence-corrected chi connectivity index (χ2v) is 7.04. The molecule has 0 aromatic rings. The summed E-state index contributed by atoms with van der Waals surface area (Å²) in [7, 11) is 4.64. The summed E-state index contributed by atoms with van der Waals surface area (Å²) in [6.07, 6.45) is 1.69. The number of hydrogen-bond donors (Lipinski definition) is 0. The van der Waals surface area contributed by atoms with Gasteiger partial charge in [-0.15, -0.1) is 12.7 Å². The van der Waals surface area contributed by atoms with Crippen molar-refractivity contribution in [2.45, 2.75) is 69.2 Å². The summed E-state index contributed by atoms with van der Waals surface area (Å²) in [4.78, 5) is 0. The number of hydrogen-bond acceptors (Lipinski definition) is 1. The quantitative estimate of drug-likeness (QED) is 0.240. The van der Waals surface area contributed by atoms with Crippen LogP contribution in [0.5, 0.6) is 0 Å². The van der Waals surface area contributed by atoms with Gasteiger partial charge in [-0.05, 0) is 59.2 Å². The van der Waals surface area contributed by atoms with Crippen LogP contribution in [0.25, 0.3) is 0 Å². The maximum atomic E-state index is 4.64. The Morgan fingerprint density at radius 3 is 0.692 bits per heavy atom. The molecule has 0 amide bonds. The van der Waals surface area contributed by atoms with Gasteiger partial charge in [0.25, 0.3) is 0 Å². The standard InChI is InChI=1S/2C10H15.C3H6S.ClH.Ti/c2*1-6-7(2)9(4)10(5)8(6)3;1-2-3-4;;/h2*1-5H3;2,4H,1,3H2;1H;/q;;;;+2/p-2. The van der Waals surface area contributed by atoms with E-state index in [2.05, 4.69) is 97.8 Å². The van der Waals surface area contributed by atoms with Crippen molar-refractivity contribution in [1.29, 1.82) is 0 Å². The minimum atomic E-state index is 0.667. The fourth-order valence-electron chi connectivity index (χ4n) is 2.81. The molecule has 0 spiro atoms. The van der Waals surface area contributed by atoms with E-state index in [1.165, 1.54) is 78.6 Å². The third-order valence-corrected chi connectivity index (χ3v) is 5.98. The van der Waals surface area contributed by atoms with E-state index in [-0.39, 0.29) is 0 Å². The molecule has 0 aromatic carbocycles. The first-order chi connectivity index (χ1) is 12.0. The van der Waals surface area contributed by atoms with Crippen molar-refractivity contribution in [2.24, 2.45) is 0 Å². The molecule has 0 aromatic heterocycles. The molecular weight excluding hydrogens is 392 g/mol. The second kappa shape index (κ2) is 15.0. The zero-order chi connectivity index (χ0) is 21.2. The topological polar surface area (TPSA) is 0 Å². The predicted molar refractivity (Wildman–Crippen MR) is 117 cm³/mol. The first-order valence-corrected chi connectivity index (χ1v) is 11.5. The molecule has 144 valence electrons. The van der Waals surface area contributed by atoms with E-state index in [4.69, 9.17) is 0 Å². The molecule has 2 saturated carbocycles. The summed E-state index contributed by atoms with van der Waals surface area (Å²) >= 11 is 5.91. The summed E-state index contributed by atoms with van der Waals surface area (Å²) < 4.78 is 0. The summed E-state index contributed by atoms with van der Waals surface area (Å²) in [5.41, 5.74) is 0. The molecule has 0 bridgehead atoms. The fourth-order valence-corrected chi connectivity index (χ4v) is 2.81. The molecule has 2 fully saturated rings. The molecule has 0 saturated heterocycles. The average molecular weight is 427 g/mol. The third-order valence-electron chi connectivity index (χ3n) is 5.74. The second-order valence-electron chi connectivity index (χ2n) is 6.71. The van der Waals surface area contributed by atoms with Crippen molar-refractivity contribution >= 4 is 21.9 Å². The van der Waals surface area contributed by atoms with Gasteiger partial charge in [-0.25, -0.2) is 0 Å². The van der Waals surface area contributed by atoms with E-state index in [1.807, 2.05) is 0 Å². The average Bonchev–Trinajstić information content (AvgIpc) is 2.94. The van der Waals surface area contributed by atoms with E-state index in [1.54, 1.807) is 6.08 Å². The molecule has 3 heteroatoms. The van der Waals surface area contributed by atoms with Crippen molar-refractivity contribution in [1.82, 2.24) is 0 Å². The molecule has 0 nitrogen and oxygen atoms in total. The Hall–Kier alpha value is 1.09. The van der Waals surface area contributed by atoms with Gasteiger partial charge in [-0.1, -0.05) is 69.2 Å². The molecule has 0 unspecified atom stereocenters. The third kappa shape index (κ3) is 8.22. The van der Waals surface area contributed by atoms with Crippen LogP contribution in [0.1, 0.15) is 69.2 Å². The molecule has 0 aliphatic heterocycles. The van der Waals surface area contributed by atoms with Crippen molar-refractivity contribution in [3.8, 4) is 0 Å². The van der Waals surface area contributed by atoms with Gasteiger partial charge in [-0.3, -0.25) is 0 Å². The van der Waals surface area contributed by atoms with Crippen LogP contribution in [0.3, 0.4) is 0 Å². The van der Waals surface area contributed by atoms with E-state index >= 15 is 0 Å². The van der Waals surface area contributed by atoms with Crippen LogP contribution in [0.15, 0.2) is 12.7 Å². The SMILES string of the molecule is C=CC[S-].C[C]1[C](C)[C](C)[C](C)[C]1C.C[C]1[C](C)[C](C)[C](C)[C]1C.[Cl][Ti+]. The van der Waals surface area contributed by atoms with Gasteiger partial charge in [0.1, 0.15) is 0 Å². The number of halogens is 1. The Labute approximate surface area is 187 Å². The molecule has 0 heterocycles. The van der Waals surface area contributed by atoms with Gasteiger partial charge < -0.3 is 12.6 Å². The molecule has 26 heavy (non-hydrogen) atoms. The summed E-state index contributed by atoms with van der Waals surface area (Å²) in [6.45, 7) is 25.4. The molecule has 10 radical (unpaired) electrons. The Balaban J connectivity index is 0. The molecule has 0 N–H and O–H groups in total. The Kier molecular flexibility index (Phi) is 16.9. The van der Waals surface area contributed by atoms with Crippen LogP contribution in [-0.4, -0.2) is 5.75 Å². The van der Waals surface area contributed by atoms with E-state index in [9.17, 15) is 0 Å². The molecule has 2 rings (SSSR count). The van der Waals surface area contributed by atoms with E-state index in [0.29, 0.717) is 5.75 Å². The predicted octanol–water partition coefficient (Wildman–Crippen LogP) is 7.35. The van der Waals surface area contributed by atoms with Crippen LogP contribution < -0.4 is 0 Å². The van der Waals surface area contributed by atoms with Crippen molar-refractivity contribution in [3.05, 3.63) is 71.8 Å². The first-order valence-electron chi connectivity index (χ1n) is 8.79. The molecule has 2 aliphatic carbocycles. The van der Waals surface area contributed by atoms with E-state index < -0.39 is 0 Å². The van der Waals surface area contributed by atoms with Crippen LogP contribution in [0, 0.1) is 59.2 Å². The Bertz CT molecular complexity index is 242. The minimum absolute atomic E-state index is 0.667. The number of rotatable bonds is 1. The maximum absolute atomic E-state index is 4.64. The first kappa shape index (κ1) is 29.3. The van der Waals surface area contributed by atoms with Gasteiger partial charge in [0.15, 0.2) is 0 Å². The molecule has 2 aliphatic rings. The van der Waals surface area contributed by atoms with Crippen molar-refractivity contribution < 1.29 is 19.4 Å². The summed E-state index contributed by atoms with van der Waals surface area (Å²) in [5.74, 6) is 15.3. The van der Waals surface area contributed by atoms with Crippen LogP contribution in [0.2, 0.25) is 0 Å². The zero-order valence-electron chi connectivity index (χ0n) is 18.3. The Morgan fingerprint density at radius 2 is 0.654 bits per heavy atom. The molecular formula is C23H35ClSTi. The fraction of sp³-hybridized carbons (Fsp3) is 0.478. The van der Waals surface area contributed by atoms with Crippen molar-refractivity contribution in [2.75, 3.05) is 5.75 Å². The van der Waals surface area contributed by atoms with E-state index in [0.717, 1.165) is 0 Å². The monoisotopic (exact) mass is 426 g/mol. The zero-order valence-corrected chi connectivity index (χ0v) is 21.4. The molecule has 0 atom stereocenters. The van der Waals surface area contributed by atoms with Gasteiger partial charge in [0.2, 0.25) is 0 Å². The summed E-state index contributed by atoms with van der Waals surface area (Å²) in [6, 6.07) is 0. The van der Waals surface area contributed by atoms with Crippen LogP contribution >= 0.6 is 9.30 Å². The van der Waals surface area contributed by atoms with Gasteiger partial charge >= 0.3 is 28.7 Å². The van der Waals surface area contributed by atoms with Gasteiger partial charge in [0, 0.05) is 0 Å². The van der Waals surface area contributed by atoms with Gasteiger partial charge in [-0.2, -0.15) is 5.75 Å². The van der Waals surface area contributed by atoms with Crippen molar-refractivity contribution in [3.63, 3.8) is 0 Å². The Morgan fingerprint density at radius 1 is 0.577 bits per heavy atom.